The molecule has 1 aliphatic carbocycles. The molecular formula is C20H22FNO3. The number of hydrogen-bond acceptors (Lipinski definition) is 3. The molecule has 5 heteroatoms. The van der Waals surface area contributed by atoms with Crippen LogP contribution in [0.15, 0.2) is 42.5 Å². The van der Waals surface area contributed by atoms with Crippen molar-refractivity contribution >= 4 is 11.6 Å². The monoisotopic (exact) mass is 343 g/mol. The SMILES string of the molecule is COc1cc(NC(=O)C2(c3ccc(F)cc3)CCCC2)cc(OC)c1. The number of ether oxygens (including phenoxy) is 2. The van der Waals surface area contributed by atoms with Crippen LogP contribution in [-0.4, -0.2) is 20.1 Å². The lowest BCUT2D eigenvalue weighted by Gasteiger charge is -2.28. The summed E-state index contributed by atoms with van der Waals surface area (Å²) in [4.78, 5) is 13.1. The molecule has 2 aromatic carbocycles. The van der Waals surface area contributed by atoms with Gasteiger partial charge in [0, 0.05) is 23.9 Å². The fourth-order valence-corrected chi connectivity index (χ4v) is 3.52. The van der Waals surface area contributed by atoms with Crippen molar-refractivity contribution in [3.63, 3.8) is 0 Å². The largest absolute Gasteiger partial charge is 0.497 e. The minimum atomic E-state index is -0.621. The van der Waals surface area contributed by atoms with E-state index in [1.54, 1.807) is 44.6 Å². The third-order valence-electron chi connectivity index (χ3n) is 4.90. The van der Waals surface area contributed by atoms with E-state index in [1.807, 2.05) is 0 Å². The Morgan fingerprint density at radius 3 is 2.08 bits per heavy atom. The van der Waals surface area contributed by atoms with Crippen LogP contribution in [0.5, 0.6) is 11.5 Å². The molecule has 1 aliphatic rings. The summed E-state index contributed by atoms with van der Waals surface area (Å²) in [6, 6.07) is 11.5. The summed E-state index contributed by atoms with van der Waals surface area (Å²) in [6.07, 6.45) is 3.47. The van der Waals surface area contributed by atoms with E-state index in [0.717, 1.165) is 31.2 Å². The Bertz CT molecular complexity index is 730. The molecule has 0 spiro atoms. The van der Waals surface area contributed by atoms with Crippen molar-refractivity contribution in [2.75, 3.05) is 19.5 Å². The number of rotatable bonds is 5. The summed E-state index contributed by atoms with van der Waals surface area (Å²) in [6.45, 7) is 0. The Kier molecular flexibility index (Phi) is 4.93. The average molecular weight is 343 g/mol. The normalized spacial score (nSPS) is 15.6. The lowest BCUT2D eigenvalue weighted by atomic mass is 9.78. The quantitative estimate of drug-likeness (QED) is 0.881. The predicted molar refractivity (Wildman–Crippen MR) is 94.7 cm³/mol. The van der Waals surface area contributed by atoms with Gasteiger partial charge in [0.2, 0.25) is 5.91 Å². The molecule has 0 radical (unpaired) electrons. The van der Waals surface area contributed by atoms with Crippen molar-refractivity contribution < 1.29 is 18.7 Å². The first-order valence-electron chi connectivity index (χ1n) is 8.38. The Labute approximate surface area is 147 Å². The highest BCUT2D eigenvalue weighted by Crippen LogP contribution is 2.42. The van der Waals surface area contributed by atoms with Crippen LogP contribution in [0.1, 0.15) is 31.2 Å². The standard InChI is InChI=1S/C20H22FNO3/c1-24-17-11-16(12-18(13-17)25-2)22-19(23)20(9-3-4-10-20)14-5-7-15(21)8-6-14/h5-8,11-13H,3-4,9-10H2,1-2H3,(H,22,23). The van der Waals surface area contributed by atoms with E-state index in [4.69, 9.17) is 9.47 Å². The number of methoxy groups -OCH3 is 2. The van der Waals surface area contributed by atoms with Crippen molar-refractivity contribution in [2.24, 2.45) is 0 Å². The smallest absolute Gasteiger partial charge is 0.235 e. The Hall–Kier alpha value is -2.56. The second-order valence-corrected chi connectivity index (χ2v) is 6.35. The first-order valence-corrected chi connectivity index (χ1v) is 8.38. The van der Waals surface area contributed by atoms with Gasteiger partial charge in [-0.3, -0.25) is 4.79 Å². The summed E-state index contributed by atoms with van der Waals surface area (Å²) in [5.41, 5.74) is 0.859. The summed E-state index contributed by atoms with van der Waals surface area (Å²) in [5, 5.41) is 2.99. The number of anilines is 1. The maximum Gasteiger partial charge on any atom is 0.235 e. The summed E-state index contributed by atoms with van der Waals surface area (Å²) >= 11 is 0. The highest BCUT2D eigenvalue weighted by molar-refractivity contribution is 5.99. The van der Waals surface area contributed by atoms with Crippen LogP contribution in [0.25, 0.3) is 0 Å². The van der Waals surface area contributed by atoms with Gasteiger partial charge < -0.3 is 14.8 Å². The summed E-state index contributed by atoms with van der Waals surface area (Å²) < 4.78 is 23.8. The van der Waals surface area contributed by atoms with Crippen LogP contribution in [0, 0.1) is 5.82 Å². The third-order valence-corrected chi connectivity index (χ3v) is 4.90. The number of hydrogen-bond donors (Lipinski definition) is 1. The first-order chi connectivity index (χ1) is 12.1. The maximum atomic E-state index is 13.3. The number of halogens is 1. The van der Waals surface area contributed by atoms with Gasteiger partial charge in [-0.05, 0) is 30.5 Å². The zero-order valence-corrected chi connectivity index (χ0v) is 14.5. The zero-order chi connectivity index (χ0) is 17.9. The predicted octanol–water partition coefficient (Wildman–Crippen LogP) is 4.29. The molecule has 0 saturated heterocycles. The van der Waals surface area contributed by atoms with Crippen molar-refractivity contribution in [3.05, 3.63) is 53.8 Å². The van der Waals surface area contributed by atoms with Gasteiger partial charge in [-0.15, -0.1) is 0 Å². The van der Waals surface area contributed by atoms with Crippen LogP contribution >= 0.6 is 0 Å². The van der Waals surface area contributed by atoms with E-state index in [-0.39, 0.29) is 11.7 Å². The summed E-state index contributed by atoms with van der Waals surface area (Å²) in [7, 11) is 3.13. The average Bonchev–Trinajstić information content (AvgIpc) is 3.13. The molecule has 0 atom stereocenters. The molecule has 0 bridgehead atoms. The fourth-order valence-electron chi connectivity index (χ4n) is 3.52. The molecule has 0 unspecified atom stereocenters. The maximum absolute atomic E-state index is 13.3. The van der Waals surface area contributed by atoms with Crippen molar-refractivity contribution in [2.45, 2.75) is 31.1 Å². The molecule has 132 valence electrons. The Balaban J connectivity index is 1.91. The number of carbonyl (C=O) groups excluding carboxylic acids is 1. The molecule has 1 N–H and O–H groups in total. The van der Waals surface area contributed by atoms with E-state index >= 15 is 0 Å². The molecule has 3 rings (SSSR count). The van der Waals surface area contributed by atoms with Gasteiger partial charge >= 0.3 is 0 Å². The second-order valence-electron chi connectivity index (χ2n) is 6.35. The number of carbonyl (C=O) groups is 1. The van der Waals surface area contributed by atoms with E-state index in [1.165, 1.54) is 12.1 Å². The van der Waals surface area contributed by atoms with Crippen molar-refractivity contribution in [1.29, 1.82) is 0 Å². The lowest BCUT2D eigenvalue weighted by molar-refractivity contribution is -0.121. The topological polar surface area (TPSA) is 47.6 Å². The molecule has 1 saturated carbocycles. The van der Waals surface area contributed by atoms with E-state index < -0.39 is 5.41 Å². The molecule has 1 amide bonds. The van der Waals surface area contributed by atoms with Gasteiger partial charge in [-0.1, -0.05) is 25.0 Å². The van der Waals surface area contributed by atoms with Crippen LogP contribution < -0.4 is 14.8 Å². The van der Waals surface area contributed by atoms with Gasteiger partial charge in [0.1, 0.15) is 17.3 Å². The molecule has 0 aromatic heterocycles. The van der Waals surface area contributed by atoms with Gasteiger partial charge in [0.25, 0.3) is 0 Å². The molecule has 4 nitrogen and oxygen atoms in total. The van der Waals surface area contributed by atoms with Crippen molar-refractivity contribution in [1.82, 2.24) is 0 Å². The minimum Gasteiger partial charge on any atom is -0.497 e. The van der Waals surface area contributed by atoms with Gasteiger partial charge in [0.05, 0.1) is 19.6 Å². The lowest BCUT2D eigenvalue weighted by Crippen LogP contribution is -2.38. The highest BCUT2D eigenvalue weighted by atomic mass is 19.1. The molecule has 0 heterocycles. The molecule has 0 aliphatic heterocycles. The number of nitrogens with one attached hydrogen (secondary N) is 1. The van der Waals surface area contributed by atoms with E-state index in [0.29, 0.717) is 17.2 Å². The molecule has 25 heavy (non-hydrogen) atoms. The summed E-state index contributed by atoms with van der Waals surface area (Å²) in [5.74, 6) is 0.843. The minimum absolute atomic E-state index is 0.0769. The molecular weight excluding hydrogens is 321 g/mol. The van der Waals surface area contributed by atoms with Crippen LogP contribution in [-0.2, 0) is 10.2 Å². The number of benzene rings is 2. The van der Waals surface area contributed by atoms with E-state index in [9.17, 15) is 9.18 Å². The van der Waals surface area contributed by atoms with Crippen LogP contribution in [0.2, 0.25) is 0 Å². The highest BCUT2D eigenvalue weighted by Gasteiger charge is 2.42. The van der Waals surface area contributed by atoms with Crippen LogP contribution in [0.4, 0.5) is 10.1 Å². The van der Waals surface area contributed by atoms with Gasteiger partial charge in [-0.2, -0.15) is 0 Å². The third kappa shape index (κ3) is 3.45. The fraction of sp³-hybridized carbons (Fsp3) is 0.350. The Morgan fingerprint density at radius 1 is 1.00 bits per heavy atom. The molecule has 1 fully saturated rings. The second kappa shape index (κ2) is 7.13. The number of amides is 1. The van der Waals surface area contributed by atoms with E-state index in [2.05, 4.69) is 5.32 Å². The zero-order valence-electron chi connectivity index (χ0n) is 14.5. The first kappa shape index (κ1) is 17.3. The Morgan fingerprint density at radius 2 is 1.56 bits per heavy atom. The van der Waals surface area contributed by atoms with Gasteiger partial charge in [-0.25, -0.2) is 4.39 Å². The molecule has 2 aromatic rings. The van der Waals surface area contributed by atoms with Gasteiger partial charge in [0.15, 0.2) is 0 Å². The van der Waals surface area contributed by atoms with Crippen molar-refractivity contribution in [3.8, 4) is 11.5 Å². The van der Waals surface area contributed by atoms with Crippen LogP contribution in [0.3, 0.4) is 0 Å².